The lowest BCUT2D eigenvalue weighted by molar-refractivity contribution is 0.101. The van der Waals surface area contributed by atoms with Crippen molar-refractivity contribution in [3.05, 3.63) is 29.3 Å². The lowest BCUT2D eigenvalue weighted by Gasteiger charge is -2.16. The van der Waals surface area contributed by atoms with Crippen LogP contribution in [-0.2, 0) is 4.74 Å². The van der Waals surface area contributed by atoms with Crippen molar-refractivity contribution in [3.8, 4) is 5.75 Å². The Kier molecular flexibility index (Phi) is 4.61. The van der Waals surface area contributed by atoms with Gasteiger partial charge in [-0.05, 0) is 49.8 Å². The molecule has 1 fully saturated rings. The Balaban J connectivity index is 1.93. The minimum absolute atomic E-state index is 0.0729. The third kappa shape index (κ3) is 3.24. The van der Waals surface area contributed by atoms with Crippen LogP contribution in [0, 0.1) is 6.92 Å². The number of nitrogens with two attached hydrogens (primary N) is 1. The highest BCUT2D eigenvalue weighted by Crippen LogP contribution is 2.26. The zero-order valence-corrected chi connectivity index (χ0v) is 11.3. The fourth-order valence-electron chi connectivity index (χ4n) is 2.47. The molecule has 0 bridgehead atoms. The molecule has 0 spiro atoms. The number of rotatable bonds is 5. The molecule has 0 amide bonds. The van der Waals surface area contributed by atoms with Crippen LogP contribution in [-0.4, -0.2) is 19.8 Å². The molecule has 2 unspecified atom stereocenters. The Labute approximate surface area is 109 Å². The first-order valence-corrected chi connectivity index (χ1v) is 6.72. The van der Waals surface area contributed by atoms with Crippen LogP contribution in [0.4, 0.5) is 0 Å². The number of benzene rings is 1. The molecule has 0 aromatic heterocycles. The van der Waals surface area contributed by atoms with Crippen molar-refractivity contribution < 1.29 is 9.47 Å². The highest BCUT2D eigenvalue weighted by molar-refractivity contribution is 5.37. The summed E-state index contributed by atoms with van der Waals surface area (Å²) in [5.41, 5.74) is 8.53. The van der Waals surface area contributed by atoms with E-state index in [-0.39, 0.29) is 6.04 Å². The van der Waals surface area contributed by atoms with Crippen LogP contribution >= 0.6 is 0 Å². The smallest absolute Gasteiger partial charge is 0.122 e. The van der Waals surface area contributed by atoms with Gasteiger partial charge in [-0.2, -0.15) is 0 Å². The topological polar surface area (TPSA) is 44.5 Å². The van der Waals surface area contributed by atoms with Crippen molar-refractivity contribution >= 4 is 0 Å². The SMILES string of the molecule is COc1cc(C(N)CCC2CCCO2)ccc1C. The van der Waals surface area contributed by atoms with E-state index in [1.807, 2.05) is 6.92 Å². The Morgan fingerprint density at radius 3 is 3.00 bits per heavy atom. The molecule has 100 valence electrons. The highest BCUT2D eigenvalue weighted by Gasteiger charge is 2.17. The van der Waals surface area contributed by atoms with E-state index in [0.29, 0.717) is 6.10 Å². The molecule has 3 heteroatoms. The molecule has 1 aromatic rings. The van der Waals surface area contributed by atoms with Gasteiger partial charge < -0.3 is 15.2 Å². The number of ether oxygens (including phenoxy) is 2. The Morgan fingerprint density at radius 1 is 1.50 bits per heavy atom. The van der Waals surface area contributed by atoms with Gasteiger partial charge in [-0.3, -0.25) is 0 Å². The fourth-order valence-corrected chi connectivity index (χ4v) is 2.47. The average Bonchev–Trinajstić information content (AvgIpc) is 2.89. The standard InChI is InChI=1S/C15H23NO2/c1-11-5-6-12(10-15(11)17-2)14(16)8-7-13-4-3-9-18-13/h5-6,10,13-14H,3-4,7-9,16H2,1-2H3. The van der Waals surface area contributed by atoms with Crippen molar-refractivity contribution in [1.29, 1.82) is 0 Å². The van der Waals surface area contributed by atoms with Gasteiger partial charge in [0.25, 0.3) is 0 Å². The van der Waals surface area contributed by atoms with Gasteiger partial charge in [0.1, 0.15) is 5.75 Å². The van der Waals surface area contributed by atoms with Crippen molar-refractivity contribution in [2.75, 3.05) is 13.7 Å². The molecule has 1 aliphatic heterocycles. The van der Waals surface area contributed by atoms with Crippen LogP contribution in [0.25, 0.3) is 0 Å². The highest BCUT2D eigenvalue weighted by atomic mass is 16.5. The molecule has 2 rings (SSSR count). The second-order valence-corrected chi connectivity index (χ2v) is 5.05. The molecule has 0 radical (unpaired) electrons. The van der Waals surface area contributed by atoms with Crippen LogP contribution in [0.1, 0.15) is 42.9 Å². The van der Waals surface area contributed by atoms with Crippen molar-refractivity contribution in [2.45, 2.75) is 44.8 Å². The first kappa shape index (κ1) is 13.4. The number of methoxy groups -OCH3 is 1. The van der Waals surface area contributed by atoms with Gasteiger partial charge in [-0.1, -0.05) is 12.1 Å². The van der Waals surface area contributed by atoms with Crippen molar-refractivity contribution in [3.63, 3.8) is 0 Å². The summed E-state index contributed by atoms with van der Waals surface area (Å²) in [6, 6.07) is 6.29. The van der Waals surface area contributed by atoms with Crippen LogP contribution in [0.3, 0.4) is 0 Å². The van der Waals surface area contributed by atoms with E-state index >= 15 is 0 Å². The summed E-state index contributed by atoms with van der Waals surface area (Å²) in [7, 11) is 1.70. The zero-order valence-electron chi connectivity index (χ0n) is 11.3. The van der Waals surface area contributed by atoms with Crippen molar-refractivity contribution in [1.82, 2.24) is 0 Å². The van der Waals surface area contributed by atoms with Gasteiger partial charge in [0.05, 0.1) is 13.2 Å². The first-order chi connectivity index (χ1) is 8.70. The molecular formula is C15H23NO2. The molecule has 0 aliphatic carbocycles. The summed E-state index contributed by atoms with van der Waals surface area (Å²) in [5, 5.41) is 0. The maximum Gasteiger partial charge on any atom is 0.122 e. The predicted octanol–water partition coefficient (Wildman–Crippen LogP) is 2.96. The Hall–Kier alpha value is -1.06. The largest absolute Gasteiger partial charge is 0.496 e. The molecule has 0 saturated carbocycles. The monoisotopic (exact) mass is 249 g/mol. The summed E-state index contributed by atoms with van der Waals surface area (Å²) in [4.78, 5) is 0. The summed E-state index contributed by atoms with van der Waals surface area (Å²) in [6.07, 6.45) is 4.82. The molecular weight excluding hydrogens is 226 g/mol. The maximum atomic E-state index is 6.24. The van der Waals surface area contributed by atoms with Gasteiger partial charge in [0.2, 0.25) is 0 Å². The molecule has 3 nitrogen and oxygen atoms in total. The number of aryl methyl sites for hydroxylation is 1. The number of hydrogen-bond donors (Lipinski definition) is 1. The van der Waals surface area contributed by atoms with E-state index in [4.69, 9.17) is 15.2 Å². The molecule has 1 saturated heterocycles. The molecule has 1 aliphatic rings. The summed E-state index contributed by atoms with van der Waals surface area (Å²) >= 11 is 0. The summed E-state index contributed by atoms with van der Waals surface area (Å²) in [6.45, 7) is 2.96. The van der Waals surface area contributed by atoms with Gasteiger partial charge in [-0.25, -0.2) is 0 Å². The van der Waals surface area contributed by atoms with Crippen LogP contribution in [0.5, 0.6) is 5.75 Å². The van der Waals surface area contributed by atoms with E-state index in [1.54, 1.807) is 7.11 Å². The minimum Gasteiger partial charge on any atom is -0.496 e. The second-order valence-electron chi connectivity index (χ2n) is 5.05. The molecule has 1 aromatic carbocycles. The van der Waals surface area contributed by atoms with Gasteiger partial charge in [-0.15, -0.1) is 0 Å². The molecule has 18 heavy (non-hydrogen) atoms. The van der Waals surface area contributed by atoms with E-state index in [2.05, 4.69) is 18.2 Å². The third-order valence-corrected chi connectivity index (χ3v) is 3.68. The number of hydrogen-bond acceptors (Lipinski definition) is 3. The molecule has 1 heterocycles. The summed E-state index contributed by atoms with van der Waals surface area (Å²) in [5.74, 6) is 0.917. The average molecular weight is 249 g/mol. The minimum atomic E-state index is 0.0729. The lowest BCUT2D eigenvalue weighted by Crippen LogP contribution is -2.14. The second kappa shape index (κ2) is 6.21. The van der Waals surface area contributed by atoms with Crippen molar-refractivity contribution in [2.24, 2.45) is 5.73 Å². The van der Waals surface area contributed by atoms with Crippen LogP contribution in [0.15, 0.2) is 18.2 Å². The fraction of sp³-hybridized carbons (Fsp3) is 0.600. The van der Waals surface area contributed by atoms with E-state index in [9.17, 15) is 0 Å². The van der Waals surface area contributed by atoms with Crippen LogP contribution < -0.4 is 10.5 Å². The lowest BCUT2D eigenvalue weighted by atomic mass is 9.99. The predicted molar refractivity (Wildman–Crippen MR) is 72.9 cm³/mol. The molecule has 2 N–H and O–H groups in total. The third-order valence-electron chi connectivity index (χ3n) is 3.68. The molecule has 2 atom stereocenters. The van der Waals surface area contributed by atoms with Crippen LogP contribution in [0.2, 0.25) is 0 Å². The van der Waals surface area contributed by atoms with E-state index in [0.717, 1.165) is 36.3 Å². The maximum absolute atomic E-state index is 6.24. The quantitative estimate of drug-likeness (QED) is 0.872. The van der Waals surface area contributed by atoms with E-state index in [1.165, 1.54) is 12.8 Å². The Morgan fingerprint density at radius 2 is 2.33 bits per heavy atom. The first-order valence-electron chi connectivity index (χ1n) is 6.72. The van der Waals surface area contributed by atoms with Gasteiger partial charge in [0, 0.05) is 12.6 Å². The van der Waals surface area contributed by atoms with Gasteiger partial charge in [0.15, 0.2) is 0 Å². The Bertz CT molecular complexity index is 386. The summed E-state index contributed by atoms with van der Waals surface area (Å²) < 4.78 is 11.0. The van der Waals surface area contributed by atoms with E-state index < -0.39 is 0 Å². The van der Waals surface area contributed by atoms with Gasteiger partial charge >= 0.3 is 0 Å². The normalized spacial score (nSPS) is 20.9. The zero-order chi connectivity index (χ0) is 13.0.